The van der Waals surface area contributed by atoms with E-state index >= 15 is 0 Å². The Labute approximate surface area is 220 Å². The molecule has 3 N–H and O–H groups in total. The number of fused-ring (bicyclic) bond motifs is 1. The van der Waals surface area contributed by atoms with E-state index in [2.05, 4.69) is 30.9 Å². The largest absolute Gasteiger partial charge is 0.496 e. The number of H-pyrrole nitrogens is 1. The molecule has 1 saturated heterocycles. The quantitative estimate of drug-likeness (QED) is 0.318. The van der Waals surface area contributed by atoms with E-state index in [1.165, 1.54) is 12.0 Å². The van der Waals surface area contributed by atoms with Crippen molar-refractivity contribution in [1.29, 1.82) is 0 Å². The molecular weight excluding hydrogens is 525 g/mol. The molecule has 10 nitrogen and oxygen atoms in total. The number of rotatable bonds is 7. The molecule has 2 aromatic heterocycles. The van der Waals surface area contributed by atoms with Crippen LogP contribution in [0.1, 0.15) is 16.8 Å². The maximum atomic E-state index is 12.9. The van der Waals surface area contributed by atoms with Crippen LogP contribution in [0.5, 0.6) is 5.75 Å². The molecule has 1 amide bonds. The van der Waals surface area contributed by atoms with Crippen LogP contribution in [-0.2, 0) is 7.05 Å². The second-order valence-electron chi connectivity index (χ2n) is 8.99. The Morgan fingerprint density at radius 3 is 2.87 bits per heavy atom. The fraction of sp³-hybridized carbons (Fsp3) is 0.333. The van der Waals surface area contributed by atoms with Gasteiger partial charge in [-0.1, -0.05) is 17.7 Å². The molecule has 5 rings (SSSR count). The molecule has 38 heavy (non-hydrogen) atoms. The van der Waals surface area contributed by atoms with E-state index in [1.54, 1.807) is 42.2 Å². The lowest BCUT2D eigenvalue weighted by Crippen LogP contribution is -2.39. The van der Waals surface area contributed by atoms with Crippen molar-refractivity contribution in [3.05, 3.63) is 47.1 Å². The second-order valence-corrected chi connectivity index (χ2v) is 9.37. The Bertz CT molecular complexity index is 1490. The first-order valence-electron chi connectivity index (χ1n) is 11.7. The lowest BCUT2D eigenvalue weighted by Gasteiger charge is -2.18. The summed E-state index contributed by atoms with van der Waals surface area (Å²) in [5.74, 6) is 0.697. The number of amides is 1. The van der Waals surface area contributed by atoms with E-state index in [4.69, 9.17) is 16.3 Å². The highest BCUT2D eigenvalue weighted by atomic mass is 35.5. The zero-order valence-electron chi connectivity index (χ0n) is 20.4. The topological polar surface area (TPSA) is 113 Å². The normalized spacial score (nSPS) is 16.2. The van der Waals surface area contributed by atoms with Gasteiger partial charge in [-0.2, -0.15) is 23.3 Å². The van der Waals surface area contributed by atoms with Gasteiger partial charge in [0.2, 0.25) is 5.95 Å². The number of benzene rings is 2. The molecule has 4 aromatic rings. The Morgan fingerprint density at radius 2 is 2.11 bits per heavy atom. The maximum absolute atomic E-state index is 12.9. The number of aromatic nitrogens is 5. The first-order valence-corrected chi connectivity index (χ1v) is 12.1. The summed E-state index contributed by atoms with van der Waals surface area (Å²) in [6, 6.07) is 8.18. The molecule has 1 aliphatic heterocycles. The highest BCUT2D eigenvalue weighted by Crippen LogP contribution is 2.32. The average molecular weight is 549 g/mol. The van der Waals surface area contributed by atoms with E-state index in [-0.39, 0.29) is 24.7 Å². The monoisotopic (exact) mass is 548 g/mol. The summed E-state index contributed by atoms with van der Waals surface area (Å²) in [5, 5.41) is 18.6. The number of ether oxygens (including phenoxy) is 1. The number of anilines is 2. The molecule has 0 saturated carbocycles. The molecule has 3 heterocycles. The molecule has 0 bridgehead atoms. The van der Waals surface area contributed by atoms with E-state index in [9.17, 15) is 18.0 Å². The summed E-state index contributed by atoms with van der Waals surface area (Å²) < 4.78 is 45.0. The van der Waals surface area contributed by atoms with Crippen molar-refractivity contribution in [1.82, 2.24) is 35.2 Å². The SMILES string of the molecule is COc1cc(-c2nc(Nc3ccc4[nH]ncc4c3Cl)n(C)n2)ccc1C(=O)NC1CCN(CC(F)(F)F)C1. The summed E-state index contributed by atoms with van der Waals surface area (Å²) in [6.07, 6.45) is -2.19. The maximum Gasteiger partial charge on any atom is 0.401 e. The summed E-state index contributed by atoms with van der Waals surface area (Å²) in [7, 11) is 3.16. The van der Waals surface area contributed by atoms with Gasteiger partial charge in [-0.3, -0.25) is 14.8 Å². The van der Waals surface area contributed by atoms with Gasteiger partial charge in [-0.25, -0.2) is 4.68 Å². The van der Waals surface area contributed by atoms with Gasteiger partial charge in [0.25, 0.3) is 5.91 Å². The van der Waals surface area contributed by atoms with Gasteiger partial charge in [0.1, 0.15) is 5.75 Å². The lowest BCUT2D eigenvalue weighted by molar-refractivity contribution is -0.143. The van der Waals surface area contributed by atoms with Gasteiger partial charge in [0.05, 0.1) is 41.6 Å². The number of aryl methyl sites for hydroxylation is 1. The summed E-state index contributed by atoms with van der Waals surface area (Å²) in [5.41, 5.74) is 2.31. The number of hydrogen-bond donors (Lipinski definition) is 3. The highest BCUT2D eigenvalue weighted by Gasteiger charge is 2.35. The second kappa shape index (κ2) is 10.1. The van der Waals surface area contributed by atoms with Crippen molar-refractivity contribution in [2.45, 2.75) is 18.6 Å². The molecule has 1 atom stereocenters. The van der Waals surface area contributed by atoms with Crippen LogP contribution in [0.3, 0.4) is 0 Å². The zero-order chi connectivity index (χ0) is 27.0. The van der Waals surface area contributed by atoms with Gasteiger partial charge in [0.15, 0.2) is 5.82 Å². The van der Waals surface area contributed by atoms with E-state index < -0.39 is 18.6 Å². The van der Waals surface area contributed by atoms with Crippen LogP contribution in [0.15, 0.2) is 36.5 Å². The van der Waals surface area contributed by atoms with Gasteiger partial charge in [0, 0.05) is 37.1 Å². The minimum Gasteiger partial charge on any atom is -0.496 e. The standard InChI is InChI=1S/C24H24ClF3N8O2/c1-35-23(31-18-6-5-17-16(20(18)25)10-29-33-17)32-21(34-35)13-3-4-15(19(9-13)38-2)22(37)30-14-7-8-36(11-14)12-24(26,27)28/h3-6,9-10,14H,7-8,11-12H2,1-2H3,(H,29,33)(H,30,37)(H,31,32,34). The third kappa shape index (κ3) is 5.38. The van der Waals surface area contributed by atoms with Crippen LogP contribution in [0.4, 0.5) is 24.8 Å². The van der Waals surface area contributed by atoms with E-state index in [0.29, 0.717) is 40.2 Å². The molecular formula is C24H24ClF3N8O2. The minimum absolute atomic E-state index is 0.136. The van der Waals surface area contributed by atoms with Crippen LogP contribution in [0.25, 0.3) is 22.3 Å². The molecule has 1 unspecified atom stereocenters. The molecule has 14 heteroatoms. The number of likely N-dealkylation sites (tertiary alicyclic amines) is 1. The third-order valence-electron chi connectivity index (χ3n) is 6.28. The van der Waals surface area contributed by atoms with Gasteiger partial charge < -0.3 is 15.4 Å². The number of aromatic amines is 1. The number of nitrogens with one attached hydrogen (secondary N) is 3. The van der Waals surface area contributed by atoms with Crippen LogP contribution >= 0.6 is 11.6 Å². The van der Waals surface area contributed by atoms with Crippen LogP contribution in [-0.4, -0.2) is 74.7 Å². The fourth-order valence-corrected chi connectivity index (χ4v) is 4.71. The predicted molar refractivity (Wildman–Crippen MR) is 136 cm³/mol. The summed E-state index contributed by atoms with van der Waals surface area (Å²) in [4.78, 5) is 18.7. The molecule has 1 fully saturated rings. The van der Waals surface area contributed by atoms with Crippen molar-refractivity contribution in [2.75, 3.05) is 32.1 Å². The Kier molecular flexibility index (Phi) is 6.88. The smallest absolute Gasteiger partial charge is 0.401 e. The number of halogens is 4. The Hall–Kier alpha value is -3.84. The van der Waals surface area contributed by atoms with Crippen LogP contribution < -0.4 is 15.4 Å². The average Bonchev–Trinajstić information content (AvgIpc) is 3.60. The predicted octanol–water partition coefficient (Wildman–Crippen LogP) is 4.13. The number of carbonyl (C=O) groups is 1. The van der Waals surface area contributed by atoms with E-state index in [0.717, 1.165) is 10.9 Å². The first kappa shape index (κ1) is 25.8. The van der Waals surface area contributed by atoms with Crippen LogP contribution in [0, 0.1) is 0 Å². The Balaban J connectivity index is 1.31. The molecule has 200 valence electrons. The number of carbonyl (C=O) groups excluding carboxylic acids is 1. The molecule has 0 spiro atoms. The van der Waals surface area contributed by atoms with Crippen molar-refractivity contribution >= 4 is 40.0 Å². The highest BCUT2D eigenvalue weighted by molar-refractivity contribution is 6.38. The zero-order valence-corrected chi connectivity index (χ0v) is 21.2. The van der Waals surface area contributed by atoms with E-state index in [1.807, 2.05) is 6.07 Å². The molecule has 2 aromatic carbocycles. The van der Waals surface area contributed by atoms with Crippen molar-refractivity contribution < 1.29 is 22.7 Å². The molecule has 0 radical (unpaired) electrons. The molecule has 0 aliphatic carbocycles. The van der Waals surface area contributed by atoms with Crippen LogP contribution in [0.2, 0.25) is 5.02 Å². The Morgan fingerprint density at radius 1 is 1.29 bits per heavy atom. The first-order chi connectivity index (χ1) is 18.1. The van der Waals surface area contributed by atoms with Crippen molar-refractivity contribution in [3.63, 3.8) is 0 Å². The number of alkyl halides is 3. The third-order valence-corrected chi connectivity index (χ3v) is 6.69. The number of hydrogen-bond acceptors (Lipinski definition) is 7. The fourth-order valence-electron chi connectivity index (χ4n) is 4.44. The van der Waals surface area contributed by atoms with Crippen molar-refractivity contribution in [3.8, 4) is 17.1 Å². The summed E-state index contributed by atoms with van der Waals surface area (Å²) in [6.45, 7) is -0.588. The van der Waals surface area contributed by atoms with Gasteiger partial charge in [-0.05, 0) is 30.7 Å². The lowest BCUT2D eigenvalue weighted by atomic mass is 10.1. The summed E-state index contributed by atoms with van der Waals surface area (Å²) >= 11 is 6.51. The molecule has 1 aliphatic rings. The van der Waals surface area contributed by atoms with Crippen molar-refractivity contribution in [2.24, 2.45) is 7.05 Å². The minimum atomic E-state index is -4.27. The van der Waals surface area contributed by atoms with Gasteiger partial charge in [-0.15, -0.1) is 5.10 Å². The number of nitrogens with zero attached hydrogens (tertiary/aromatic N) is 5. The van der Waals surface area contributed by atoms with Gasteiger partial charge >= 0.3 is 6.18 Å². The number of methoxy groups -OCH3 is 1.